The van der Waals surface area contributed by atoms with E-state index in [1.54, 1.807) is 18.3 Å². The maximum atomic E-state index is 11.8. The van der Waals surface area contributed by atoms with Crippen LogP contribution in [-0.2, 0) is 9.59 Å². The summed E-state index contributed by atoms with van der Waals surface area (Å²) < 4.78 is 5.29. The number of aromatic amines is 1. The van der Waals surface area contributed by atoms with Gasteiger partial charge < -0.3 is 15.0 Å². The Hall–Kier alpha value is -3.03. The normalized spacial score (nSPS) is 10.9. The zero-order valence-corrected chi connectivity index (χ0v) is 16.1. The fourth-order valence-corrected chi connectivity index (χ4v) is 2.84. The molecule has 28 heavy (non-hydrogen) atoms. The molecule has 3 N–H and O–H groups in total. The molecule has 2 aromatic carbocycles. The van der Waals surface area contributed by atoms with Crippen LogP contribution in [0.2, 0.25) is 10.0 Å². The zero-order chi connectivity index (χ0) is 19.9. The first-order valence-corrected chi connectivity index (χ1v) is 9.01. The summed E-state index contributed by atoms with van der Waals surface area (Å²) in [4.78, 5) is 26.7. The number of H-pyrrole nitrogens is 1. The predicted octanol–water partition coefficient (Wildman–Crippen LogP) is 3.12. The van der Waals surface area contributed by atoms with Crippen LogP contribution < -0.4 is 15.5 Å². The third-order valence-corrected chi connectivity index (χ3v) is 4.24. The number of carbonyl (C=O) groups excluding carboxylic acids is 2. The first-order valence-electron chi connectivity index (χ1n) is 8.25. The van der Waals surface area contributed by atoms with E-state index < -0.39 is 11.8 Å². The van der Waals surface area contributed by atoms with Gasteiger partial charge in [-0.15, -0.1) is 0 Å². The van der Waals surface area contributed by atoms with Crippen LogP contribution >= 0.6 is 23.2 Å². The molecule has 2 amide bonds. The highest BCUT2D eigenvalue weighted by Gasteiger charge is 2.08. The molecule has 0 fully saturated rings. The Bertz CT molecular complexity index is 1030. The van der Waals surface area contributed by atoms with Crippen LogP contribution in [0.15, 0.2) is 53.8 Å². The van der Waals surface area contributed by atoms with E-state index in [0.717, 1.165) is 16.5 Å². The van der Waals surface area contributed by atoms with E-state index in [0.29, 0.717) is 15.8 Å². The molecule has 0 spiro atoms. The molecule has 0 aliphatic heterocycles. The van der Waals surface area contributed by atoms with Crippen LogP contribution in [0.3, 0.4) is 0 Å². The highest BCUT2D eigenvalue weighted by molar-refractivity contribution is 6.35. The number of fused-ring (bicyclic) bond motifs is 1. The quantitative estimate of drug-likeness (QED) is 0.406. The van der Waals surface area contributed by atoms with Gasteiger partial charge in [0.15, 0.2) is 6.61 Å². The van der Waals surface area contributed by atoms with E-state index in [-0.39, 0.29) is 13.2 Å². The van der Waals surface area contributed by atoms with Crippen molar-refractivity contribution in [3.63, 3.8) is 0 Å². The van der Waals surface area contributed by atoms with Crippen molar-refractivity contribution in [2.24, 2.45) is 5.10 Å². The molecule has 0 bridgehead atoms. The molecule has 1 heterocycles. The maximum Gasteiger partial charge on any atom is 0.259 e. The van der Waals surface area contributed by atoms with E-state index in [2.05, 4.69) is 20.8 Å². The van der Waals surface area contributed by atoms with Gasteiger partial charge in [0.1, 0.15) is 5.75 Å². The van der Waals surface area contributed by atoms with E-state index in [1.165, 1.54) is 12.3 Å². The number of hydrazone groups is 1. The molecule has 3 rings (SSSR count). The second kappa shape index (κ2) is 9.25. The fourth-order valence-electron chi connectivity index (χ4n) is 2.38. The van der Waals surface area contributed by atoms with Crippen molar-refractivity contribution in [1.29, 1.82) is 0 Å². The molecule has 0 saturated heterocycles. The van der Waals surface area contributed by atoms with Crippen LogP contribution in [-0.4, -0.2) is 36.2 Å². The number of rotatable bonds is 7. The zero-order valence-electron chi connectivity index (χ0n) is 14.5. The Morgan fingerprint density at radius 2 is 1.96 bits per heavy atom. The standard InChI is InChI=1S/C19H16Cl2N4O3/c20-13-5-6-17(15(21)7-13)28-11-19(27)23-10-18(26)25-24-9-12-8-22-16-4-2-1-3-14(12)16/h1-9,22H,10-11H2,(H,23,27)(H,25,26)/b24-9+. The summed E-state index contributed by atoms with van der Waals surface area (Å²) in [7, 11) is 0. The Morgan fingerprint density at radius 3 is 2.79 bits per heavy atom. The second-order valence-corrected chi connectivity index (χ2v) is 6.57. The molecule has 0 aliphatic rings. The minimum Gasteiger partial charge on any atom is -0.482 e. The monoisotopic (exact) mass is 418 g/mol. The Labute approximate surface area is 170 Å². The number of carbonyl (C=O) groups is 2. The number of para-hydroxylation sites is 1. The summed E-state index contributed by atoms with van der Waals surface area (Å²) in [5, 5.41) is 8.08. The van der Waals surface area contributed by atoms with Crippen molar-refractivity contribution in [3.8, 4) is 5.75 Å². The minimum atomic E-state index is -0.471. The number of nitrogens with zero attached hydrogens (tertiary/aromatic N) is 1. The van der Waals surface area contributed by atoms with E-state index in [1.807, 2.05) is 24.3 Å². The molecule has 9 heteroatoms. The molecule has 7 nitrogen and oxygen atoms in total. The van der Waals surface area contributed by atoms with Crippen LogP contribution in [0, 0.1) is 0 Å². The highest BCUT2D eigenvalue weighted by Crippen LogP contribution is 2.27. The lowest BCUT2D eigenvalue weighted by molar-refractivity contribution is -0.127. The molecule has 0 atom stereocenters. The number of ether oxygens (including phenoxy) is 1. The fraction of sp³-hybridized carbons (Fsp3) is 0.105. The van der Waals surface area contributed by atoms with Crippen LogP contribution in [0.5, 0.6) is 5.75 Å². The van der Waals surface area contributed by atoms with Gasteiger partial charge in [-0.3, -0.25) is 9.59 Å². The van der Waals surface area contributed by atoms with Crippen LogP contribution in [0.4, 0.5) is 0 Å². The molecule has 3 aromatic rings. The number of hydrogen-bond acceptors (Lipinski definition) is 4. The van der Waals surface area contributed by atoms with Crippen molar-refractivity contribution in [2.45, 2.75) is 0 Å². The van der Waals surface area contributed by atoms with Crippen LogP contribution in [0.25, 0.3) is 10.9 Å². The Kier molecular flexibility index (Phi) is 6.52. The predicted molar refractivity (Wildman–Crippen MR) is 109 cm³/mol. The smallest absolute Gasteiger partial charge is 0.259 e. The van der Waals surface area contributed by atoms with Crippen molar-refractivity contribution < 1.29 is 14.3 Å². The second-order valence-electron chi connectivity index (χ2n) is 5.72. The van der Waals surface area contributed by atoms with Gasteiger partial charge in [0.05, 0.1) is 17.8 Å². The third kappa shape index (κ3) is 5.25. The number of aromatic nitrogens is 1. The minimum absolute atomic E-state index is 0.234. The number of nitrogens with one attached hydrogen (secondary N) is 3. The number of hydrogen-bond donors (Lipinski definition) is 3. The number of benzene rings is 2. The summed E-state index contributed by atoms with van der Waals surface area (Å²) in [5.74, 6) is -0.607. The average molecular weight is 419 g/mol. The topological polar surface area (TPSA) is 95.6 Å². The summed E-state index contributed by atoms with van der Waals surface area (Å²) in [5.41, 5.74) is 4.17. The van der Waals surface area contributed by atoms with Gasteiger partial charge in [0.2, 0.25) is 0 Å². The summed E-state index contributed by atoms with van der Waals surface area (Å²) in [6.45, 7) is -0.519. The lowest BCUT2D eigenvalue weighted by Gasteiger charge is -2.08. The Morgan fingerprint density at radius 1 is 1.14 bits per heavy atom. The summed E-state index contributed by atoms with van der Waals surface area (Å²) in [6.07, 6.45) is 3.32. The van der Waals surface area contributed by atoms with E-state index in [4.69, 9.17) is 27.9 Å². The van der Waals surface area contributed by atoms with E-state index >= 15 is 0 Å². The van der Waals surface area contributed by atoms with Crippen molar-refractivity contribution in [3.05, 3.63) is 64.3 Å². The van der Waals surface area contributed by atoms with Crippen molar-refractivity contribution in [2.75, 3.05) is 13.2 Å². The van der Waals surface area contributed by atoms with Crippen molar-refractivity contribution >= 4 is 52.1 Å². The molecule has 0 radical (unpaired) electrons. The average Bonchev–Trinajstić information content (AvgIpc) is 3.09. The Balaban J connectivity index is 1.42. The molecule has 0 aliphatic carbocycles. The first kappa shape index (κ1) is 19.7. The maximum absolute atomic E-state index is 11.8. The molecular formula is C19H16Cl2N4O3. The molecule has 1 aromatic heterocycles. The van der Waals surface area contributed by atoms with Gasteiger partial charge >= 0.3 is 0 Å². The SMILES string of the molecule is O=C(COc1ccc(Cl)cc1Cl)NCC(=O)N/N=C/c1c[nH]c2ccccc12. The molecule has 0 unspecified atom stereocenters. The van der Waals surface area contributed by atoms with Gasteiger partial charge in [-0.2, -0.15) is 5.10 Å². The summed E-state index contributed by atoms with van der Waals surface area (Å²) in [6, 6.07) is 12.4. The van der Waals surface area contributed by atoms with Gasteiger partial charge in [0.25, 0.3) is 11.8 Å². The molecule has 0 saturated carbocycles. The lowest BCUT2D eigenvalue weighted by Crippen LogP contribution is -2.37. The van der Waals surface area contributed by atoms with E-state index in [9.17, 15) is 9.59 Å². The van der Waals surface area contributed by atoms with Gasteiger partial charge in [-0.1, -0.05) is 41.4 Å². The van der Waals surface area contributed by atoms with Gasteiger partial charge in [0, 0.05) is 27.7 Å². The van der Waals surface area contributed by atoms with Gasteiger partial charge in [-0.05, 0) is 24.3 Å². The molecular weight excluding hydrogens is 403 g/mol. The van der Waals surface area contributed by atoms with Crippen LogP contribution in [0.1, 0.15) is 5.56 Å². The lowest BCUT2D eigenvalue weighted by atomic mass is 10.2. The first-order chi connectivity index (χ1) is 13.5. The molecule has 144 valence electrons. The van der Waals surface area contributed by atoms with Crippen molar-refractivity contribution in [1.82, 2.24) is 15.7 Å². The largest absolute Gasteiger partial charge is 0.482 e. The third-order valence-electron chi connectivity index (χ3n) is 3.71. The highest BCUT2D eigenvalue weighted by atomic mass is 35.5. The summed E-state index contributed by atoms with van der Waals surface area (Å²) >= 11 is 11.7. The van der Waals surface area contributed by atoms with Gasteiger partial charge in [-0.25, -0.2) is 5.43 Å². The number of amides is 2. The number of halogens is 2.